The van der Waals surface area contributed by atoms with Gasteiger partial charge in [-0.1, -0.05) is 32.0 Å². The van der Waals surface area contributed by atoms with E-state index in [-0.39, 0.29) is 30.8 Å². The van der Waals surface area contributed by atoms with Gasteiger partial charge in [0.2, 0.25) is 5.91 Å². The van der Waals surface area contributed by atoms with E-state index in [0.717, 1.165) is 17.7 Å². The molecule has 2 atom stereocenters. The van der Waals surface area contributed by atoms with Gasteiger partial charge in [-0.25, -0.2) is 4.79 Å². The summed E-state index contributed by atoms with van der Waals surface area (Å²) in [7, 11) is 0. The number of esters is 1. The Morgan fingerprint density at radius 1 is 1.21 bits per heavy atom. The number of hydrogen-bond acceptors (Lipinski definition) is 5. The molecule has 0 spiro atoms. The molecule has 0 saturated carbocycles. The van der Waals surface area contributed by atoms with E-state index in [9.17, 15) is 19.2 Å². The van der Waals surface area contributed by atoms with Crippen LogP contribution in [0.5, 0.6) is 0 Å². The standard InChI is InChI=1S/C21H29N3O5/c1-5-14(4)16-8-6-7-9-17(16)24-11-15(10-19(24)26)20(27)29-12-18(25)23-21(28)22-13(2)3/h6-9,13-15H,5,10-12H2,1-4H3,(H2,22,23,25,28)/t14-,15+/m1/s1. The van der Waals surface area contributed by atoms with E-state index < -0.39 is 30.4 Å². The molecule has 8 nitrogen and oxygen atoms in total. The molecule has 1 aliphatic heterocycles. The van der Waals surface area contributed by atoms with Crippen LogP contribution in [0.25, 0.3) is 0 Å². The van der Waals surface area contributed by atoms with Gasteiger partial charge in [-0.3, -0.25) is 19.7 Å². The minimum atomic E-state index is -0.722. The summed E-state index contributed by atoms with van der Waals surface area (Å²) in [5.41, 5.74) is 1.87. The first kappa shape index (κ1) is 22.4. The number of rotatable bonds is 7. The molecule has 0 radical (unpaired) electrons. The molecule has 1 fully saturated rings. The smallest absolute Gasteiger partial charge is 0.321 e. The van der Waals surface area contributed by atoms with E-state index >= 15 is 0 Å². The Morgan fingerprint density at radius 2 is 1.90 bits per heavy atom. The van der Waals surface area contributed by atoms with Gasteiger partial charge in [-0.15, -0.1) is 0 Å². The highest BCUT2D eigenvalue weighted by molar-refractivity contribution is 6.00. The van der Waals surface area contributed by atoms with Gasteiger partial charge < -0.3 is 15.0 Å². The first-order chi connectivity index (χ1) is 13.7. The van der Waals surface area contributed by atoms with Gasteiger partial charge in [0.25, 0.3) is 5.91 Å². The average molecular weight is 403 g/mol. The number of anilines is 1. The first-order valence-corrected chi connectivity index (χ1v) is 9.89. The van der Waals surface area contributed by atoms with Crippen LogP contribution < -0.4 is 15.5 Å². The van der Waals surface area contributed by atoms with Crippen LogP contribution >= 0.6 is 0 Å². The summed E-state index contributed by atoms with van der Waals surface area (Å²) in [6, 6.07) is 6.91. The van der Waals surface area contributed by atoms with Gasteiger partial charge in [-0.05, 0) is 37.8 Å². The van der Waals surface area contributed by atoms with E-state index in [4.69, 9.17) is 4.74 Å². The Kier molecular flexibility index (Phi) is 7.75. The van der Waals surface area contributed by atoms with Crippen LogP contribution in [0, 0.1) is 5.92 Å². The fourth-order valence-electron chi connectivity index (χ4n) is 3.18. The molecule has 2 N–H and O–H groups in total. The van der Waals surface area contributed by atoms with Crippen LogP contribution in [0.2, 0.25) is 0 Å². The lowest BCUT2D eigenvalue weighted by Crippen LogP contribution is -2.44. The number of ether oxygens (including phenoxy) is 1. The van der Waals surface area contributed by atoms with E-state index in [2.05, 4.69) is 24.5 Å². The van der Waals surface area contributed by atoms with Crippen LogP contribution in [-0.4, -0.2) is 43.0 Å². The summed E-state index contributed by atoms with van der Waals surface area (Å²) in [5, 5.41) is 4.59. The number of carbonyl (C=O) groups is 4. The number of urea groups is 1. The van der Waals surface area contributed by atoms with E-state index in [1.54, 1.807) is 18.7 Å². The minimum Gasteiger partial charge on any atom is -0.455 e. The number of benzene rings is 1. The van der Waals surface area contributed by atoms with Crippen LogP contribution in [0.4, 0.5) is 10.5 Å². The maximum Gasteiger partial charge on any atom is 0.321 e. The summed E-state index contributed by atoms with van der Waals surface area (Å²) in [6.07, 6.45) is 0.965. The third kappa shape index (κ3) is 6.04. The van der Waals surface area contributed by atoms with Crippen molar-refractivity contribution in [3.63, 3.8) is 0 Å². The van der Waals surface area contributed by atoms with Gasteiger partial charge in [0.05, 0.1) is 5.92 Å². The van der Waals surface area contributed by atoms with Crippen LogP contribution in [0.15, 0.2) is 24.3 Å². The van der Waals surface area contributed by atoms with Crippen molar-refractivity contribution in [2.75, 3.05) is 18.1 Å². The zero-order chi connectivity index (χ0) is 21.6. The lowest BCUT2D eigenvalue weighted by molar-refractivity contribution is -0.152. The van der Waals surface area contributed by atoms with Gasteiger partial charge in [0.15, 0.2) is 6.61 Å². The molecule has 1 aromatic rings. The zero-order valence-electron chi connectivity index (χ0n) is 17.4. The Hall–Kier alpha value is -2.90. The van der Waals surface area contributed by atoms with Crippen molar-refractivity contribution in [3.8, 4) is 0 Å². The second-order valence-corrected chi connectivity index (χ2v) is 7.56. The summed E-state index contributed by atoms with van der Waals surface area (Å²) >= 11 is 0. The lowest BCUT2D eigenvalue weighted by atomic mass is 9.96. The maximum absolute atomic E-state index is 12.5. The molecule has 1 aliphatic rings. The average Bonchev–Trinajstić information content (AvgIpc) is 3.06. The van der Waals surface area contributed by atoms with Gasteiger partial charge in [0, 0.05) is 24.7 Å². The molecular formula is C21H29N3O5. The molecule has 0 aliphatic carbocycles. The van der Waals surface area contributed by atoms with Crippen LogP contribution in [-0.2, 0) is 19.1 Å². The minimum absolute atomic E-state index is 0.0309. The van der Waals surface area contributed by atoms with Crippen molar-refractivity contribution in [2.24, 2.45) is 5.92 Å². The third-order valence-corrected chi connectivity index (χ3v) is 4.85. The van der Waals surface area contributed by atoms with Crippen molar-refractivity contribution in [2.45, 2.75) is 52.5 Å². The quantitative estimate of drug-likeness (QED) is 0.680. The fourth-order valence-corrected chi connectivity index (χ4v) is 3.18. The molecule has 158 valence electrons. The molecular weight excluding hydrogens is 374 g/mol. The predicted octanol–water partition coefficient (Wildman–Crippen LogP) is 2.33. The van der Waals surface area contributed by atoms with Crippen molar-refractivity contribution >= 4 is 29.5 Å². The van der Waals surface area contributed by atoms with Crippen molar-refractivity contribution in [3.05, 3.63) is 29.8 Å². The predicted molar refractivity (Wildman–Crippen MR) is 108 cm³/mol. The Labute approximate surface area is 171 Å². The van der Waals surface area contributed by atoms with Gasteiger partial charge >= 0.3 is 12.0 Å². The Bertz CT molecular complexity index is 777. The van der Waals surface area contributed by atoms with Crippen molar-refractivity contribution in [1.82, 2.24) is 10.6 Å². The topological polar surface area (TPSA) is 105 Å². The molecule has 1 heterocycles. The molecule has 29 heavy (non-hydrogen) atoms. The first-order valence-electron chi connectivity index (χ1n) is 9.89. The van der Waals surface area contributed by atoms with Gasteiger partial charge in [-0.2, -0.15) is 0 Å². The highest BCUT2D eigenvalue weighted by Crippen LogP contribution is 2.33. The normalized spacial score (nSPS) is 17.2. The highest BCUT2D eigenvalue weighted by atomic mass is 16.5. The van der Waals surface area contributed by atoms with Crippen LogP contribution in [0.3, 0.4) is 0 Å². The second kappa shape index (κ2) is 10.0. The molecule has 8 heteroatoms. The highest BCUT2D eigenvalue weighted by Gasteiger charge is 2.37. The number of imide groups is 1. The van der Waals surface area contributed by atoms with Crippen molar-refractivity contribution in [1.29, 1.82) is 0 Å². The monoisotopic (exact) mass is 403 g/mol. The van der Waals surface area contributed by atoms with E-state index in [1.165, 1.54) is 0 Å². The number of carbonyl (C=O) groups excluding carboxylic acids is 4. The molecule has 0 aromatic heterocycles. The molecule has 4 amide bonds. The fraction of sp³-hybridized carbons (Fsp3) is 0.524. The lowest BCUT2D eigenvalue weighted by Gasteiger charge is -2.23. The zero-order valence-corrected chi connectivity index (χ0v) is 17.4. The second-order valence-electron chi connectivity index (χ2n) is 7.56. The number of para-hydroxylation sites is 1. The largest absolute Gasteiger partial charge is 0.455 e. The number of amides is 4. The number of hydrogen-bond donors (Lipinski definition) is 2. The van der Waals surface area contributed by atoms with E-state index in [0.29, 0.717) is 0 Å². The number of nitrogens with zero attached hydrogens (tertiary/aromatic N) is 1. The molecule has 0 unspecified atom stereocenters. The molecule has 2 rings (SSSR count). The van der Waals surface area contributed by atoms with E-state index in [1.807, 2.05) is 24.3 Å². The SMILES string of the molecule is CC[C@@H](C)c1ccccc1N1C[C@@H](C(=O)OCC(=O)NC(=O)NC(C)C)CC1=O. The van der Waals surface area contributed by atoms with Crippen LogP contribution in [0.1, 0.15) is 52.0 Å². The third-order valence-electron chi connectivity index (χ3n) is 4.85. The summed E-state index contributed by atoms with van der Waals surface area (Å²) in [5.74, 6) is -1.86. The molecule has 1 saturated heterocycles. The summed E-state index contributed by atoms with van der Waals surface area (Å²) < 4.78 is 5.02. The molecule has 0 bridgehead atoms. The van der Waals surface area contributed by atoms with Gasteiger partial charge in [0.1, 0.15) is 0 Å². The maximum atomic E-state index is 12.5. The van der Waals surface area contributed by atoms with Crippen molar-refractivity contribution < 1.29 is 23.9 Å². The Morgan fingerprint density at radius 3 is 2.55 bits per heavy atom. The summed E-state index contributed by atoms with van der Waals surface area (Å²) in [4.78, 5) is 49.7. The Balaban J connectivity index is 1.94. The number of nitrogens with one attached hydrogen (secondary N) is 2. The molecule has 1 aromatic carbocycles. The summed E-state index contributed by atoms with van der Waals surface area (Å²) in [6.45, 7) is 7.33.